The summed E-state index contributed by atoms with van der Waals surface area (Å²) in [6, 6.07) is 0. The summed E-state index contributed by atoms with van der Waals surface area (Å²) in [5.74, 6) is 0.0604. The molecule has 0 aromatic heterocycles. The second-order valence-corrected chi connectivity index (χ2v) is 2.85. The molecule has 1 saturated carbocycles. The van der Waals surface area contributed by atoms with Crippen LogP contribution in [0.2, 0.25) is 0 Å². The first-order valence-corrected chi connectivity index (χ1v) is 3.82. The zero-order chi connectivity index (χ0) is 9.14. The molecule has 5 heteroatoms. The maximum absolute atomic E-state index is 10.3. The predicted octanol–water partition coefficient (Wildman–Crippen LogP) is 0.883. The van der Waals surface area contributed by atoms with Crippen molar-refractivity contribution in [2.45, 2.75) is 19.3 Å². The molecule has 0 aromatic rings. The van der Waals surface area contributed by atoms with E-state index in [9.17, 15) is 10.1 Å². The molecular formula is C7H11N3O2. The summed E-state index contributed by atoms with van der Waals surface area (Å²) < 4.78 is 0. The van der Waals surface area contributed by atoms with Crippen molar-refractivity contribution in [2.75, 3.05) is 0 Å². The molecule has 1 rings (SSSR count). The van der Waals surface area contributed by atoms with Crippen molar-refractivity contribution in [1.82, 2.24) is 0 Å². The van der Waals surface area contributed by atoms with Crippen LogP contribution >= 0.6 is 0 Å². The van der Waals surface area contributed by atoms with E-state index in [0.29, 0.717) is 0 Å². The van der Waals surface area contributed by atoms with Crippen molar-refractivity contribution in [3.8, 4) is 0 Å². The molecule has 0 atom stereocenters. The van der Waals surface area contributed by atoms with Gasteiger partial charge in [-0.15, -0.1) is 0 Å². The third-order valence-corrected chi connectivity index (χ3v) is 2.14. The van der Waals surface area contributed by atoms with E-state index in [4.69, 9.17) is 11.1 Å². The van der Waals surface area contributed by atoms with Crippen molar-refractivity contribution in [2.24, 2.45) is 11.7 Å². The molecule has 1 fully saturated rings. The molecule has 0 saturated heterocycles. The molecular weight excluding hydrogens is 158 g/mol. The average Bonchev–Trinajstić information content (AvgIpc) is 1.83. The fourth-order valence-corrected chi connectivity index (χ4v) is 1.16. The fraction of sp³-hybridized carbons (Fsp3) is 0.571. The highest BCUT2D eigenvalue weighted by Gasteiger charge is 2.30. The second-order valence-electron chi connectivity index (χ2n) is 2.85. The van der Waals surface area contributed by atoms with Gasteiger partial charge in [0.1, 0.15) is 5.71 Å². The van der Waals surface area contributed by atoms with Crippen LogP contribution in [0.15, 0.2) is 11.9 Å². The van der Waals surface area contributed by atoms with Gasteiger partial charge >= 0.3 is 5.70 Å². The van der Waals surface area contributed by atoms with Gasteiger partial charge in [-0.05, 0) is 12.8 Å². The summed E-state index contributed by atoms with van der Waals surface area (Å²) in [5.41, 5.74) is 4.87. The Hall–Kier alpha value is -1.39. The number of nitro groups is 1. The number of hydrogen-bond acceptors (Lipinski definition) is 4. The molecule has 12 heavy (non-hydrogen) atoms. The molecule has 5 nitrogen and oxygen atoms in total. The minimum Gasteiger partial charge on any atom is -0.399 e. The van der Waals surface area contributed by atoms with Gasteiger partial charge in [-0.25, -0.2) is 0 Å². The van der Waals surface area contributed by atoms with Crippen molar-refractivity contribution in [1.29, 1.82) is 5.41 Å². The smallest absolute Gasteiger partial charge is 0.305 e. The Morgan fingerprint density at radius 1 is 1.67 bits per heavy atom. The van der Waals surface area contributed by atoms with Gasteiger partial charge in [0, 0.05) is 5.92 Å². The quantitative estimate of drug-likeness (QED) is 0.373. The molecule has 3 N–H and O–H groups in total. The molecule has 0 bridgehead atoms. The van der Waals surface area contributed by atoms with E-state index in [-0.39, 0.29) is 17.3 Å². The third-order valence-electron chi connectivity index (χ3n) is 2.14. The Morgan fingerprint density at radius 2 is 2.25 bits per heavy atom. The first kappa shape index (κ1) is 8.70. The fourth-order valence-electron chi connectivity index (χ4n) is 1.16. The molecule has 0 aliphatic heterocycles. The summed E-state index contributed by atoms with van der Waals surface area (Å²) >= 11 is 0. The largest absolute Gasteiger partial charge is 0.399 e. The second kappa shape index (κ2) is 3.34. The Morgan fingerprint density at radius 3 is 2.50 bits per heavy atom. The van der Waals surface area contributed by atoms with E-state index < -0.39 is 4.92 Å². The number of hydrogen-bond donors (Lipinski definition) is 2. The lowest BCUT2D eigenvalue weighted by molar-refractivity contribution is -0.415. The van der Waals surface area contributed by atoms with Crippen LogP contribution in [0.4, 0.5) is 0 Å². The summed E-state index contributed by atoms with van der Waals surface area (Å²) in [6.07, 6.45) is 3.72. The zero-order valence-electron chi connectivity index (χ0n) is 6.62. The van der Waals surface area contributed by atoms with E-state index in [2.05, 4.69) is 0 Å². The molecule has 0 unspecified atom stereocenters. The van der Waals surface area contributed by atoms with Gasteiger partial charge in [-0.2, -0.15) is 0 Å². The number of allylic oxidation sites excluding steroid dienone is 1. The first-order chi connectivity index (χ1) is 5.66. The van der Waals surface area contributed by atoms with Crippen molar-refractivity contribution >= 4 is 5.71 Å². The lowest BCUT2D eigenvalue weighted by atomic mass is 9.81. The van der Waals surface area contributed by atoms with Crippen LogP contribution in [0.1, 0.15) is 19.3 Å². The number of nitrogens with zero attached hydrogens (tertiary/aromatic N) is 1. The standard InChI is InChI=1S/C7H11N3O2/c8-4-6(10(11)12)7(9)5-2-1-3-5/h4-5,9H,1-3,8H2. The lowest BCUT2D eigenvalue weighted by Crippen LogP contribution is -2.26. The summed E-state index contributed by atoms with van der Waals surface area (Å²) in [7, 11) is 0. The van der Waals surface area contributed by atoms with Crippen LogP contribution in [0, 0.1) is 21.4 Å². The molecule has 0 aromatic carbocycles. The molecule has 1 aliphatic rings. The van der Waals surface area contributed by atoms with Gasteiger partial charge < -0.3 is 5.73 Å². The number of nitrogens with one attached hydrogen (secondary N) is 1. The summed E-state index contributed by atoms with van der Waals surface area (Å²) in [4.78, 5) is 9.74. The highest BCUT2D eigenvalue weighted by molar-refractivity contribution is 5.97. The van der Waals surface area contributed by atoms with E-state index in [1.165, 1.54) is 0 Å². The van der Waals surface area contributed by atoms with Crippen LogP contribution in [0.3, 0.4) is 0 Å². The van der Waals surface area contributed by atoms with Crippen molar-refractivity contribution < 1.29 is 4.92 Å². The van der Waals surface area contributed by atoms with Gasteiger partial charge in [-0.1, -0.05) is 6.42 Å². The van der Waals surface area contributed by atoms with Gasteiger partial charge in [0.05, 0.1) is 11.1 Å². The first-order valence-electron chi connectivity index (χ1n) is 3.82. The van der Waals surface area contributed by atoms with E-state index in [0.717, 1.165) is 25.5 Å². The van der Waals surface area contributed by atoms with Crippen LogP contribution in [-0.2, 0) is 0 Å². The van der Waals surface area contributed by atoms with Crippen molar-refractivity contribution in [3.05, 3.63) is 22.0 Å². The average molecular weight is 169 g/mol. The Kier molecular flexibility index (Phi) is 2.42. The third kappa shape index (κ3) is 1.44. The van der Waals surface area contributed by atoms with Crippen molar-refractivity contribution in [3.63, 3.8) is 0 Å². The van der Waals surface area contributed by atoms with Gasteiger partial charge in [0.2, 0.25) is 0 Å². The lowest BCUT2D eigenvalue weighted by Gasteiger charge is -2.24. The predicted molar refractivity (Wildman–Crippen MR) is 44.3 cm³/mol. The van der Waals surface area contributed by atoms with E-state index >= 15 is 0 Å². The molecule has 0 spiro atoms. The highest BCUT2D eigenvalue weighted by Crippen LogP contribution is 2.29. The zero-order valence-corrected chi connectivity index (χ0v) is 6.62. The van der Waals surface area contributed by atoms with Crippen LogP contribution in [0.25, 0.3) is 0 Å². The Labute approximate surface area is 69.9 Å². The van der Waals surface area contributed by atoms with Gasteiger partial charge in [0.15, 0.2) is 0 Å². The van der Waals surface area contributed by atoms with Crippen LogP contribution in [0.5, 0.6) is 0 Å². The minimum absolute atomic E-state index is 0.0604. The highest BCUT2D eigenvalue weighted by atomic mass is 16.6. The van der Waals surface area contributed by atoms with E-state index in [1.54, 1.807) is 0 Å². The maximum atomic E-state index is 10.3. The Bertz CT molecular complexity index is 243. The molecule has 0 radical (unpaired) electrons. The topological polar surface area (TPSA) is 93.0 Å². The molecule has 0 heterocycles. The van der Waals surface area contributed by atoms with Crippen LogP contribution in [-0.4, -0.2) is 10.6 Å². The van der Waals surface area contributed by atoms with E-state index in [1.807, 2.05) is 0 Å². The minimum atomic E-state index is -0.597. The normalized spacial score (nSPS) is 18.5. The van der Waals surface area contributed by atoms with Gasteiger partial charge in [-0.3, -0.25) is 15.5 Å². The SMILES string of the molecule is N=C(C(=CN)[N+](=O)[O-])C1CCC1. The van der Waals surface area contributed by atoms with Crippen LogP contribution < -0.4 is 5.73 Å². The van der Waals surface area contributed by atoms with Gasteiger partial charge in [0.25, 0.3) is 0 Å². The Balaban J connectivity index is 2.66. The maximum Gasteiger partial charge on any atom is 0.305 e. The number of rotatable bonds is 3. The molecule has 66 valence electrons. The summed E-state index contributed by atoms with van der Waals surface area (Å²) in [6.45, 7) is 0. The molecule has 0 amide bonds. The monoisotopic (exact) mass is 169 g/mol. The molecule has 1 aliphatic carbocycles. The number of nitrogens with two attached hydrogens (primary N) is 1. The summed E-state index contributed by atoms with van der Waals surface area (Å²) in [5, 5.41) is 17.8.